The number of nitrogens with one attached hydrogen (secondary N) is 1. The average Bonchev–Trinajstić information content (AvgIpc) is 3.12. The third-order valence-corrected chi connectivity index (χ3v) is 10.9. The molecule has 1 heteroatoms. The van der Waals surface area contributed by atoms with Gasteiger partial charge in [-0.1, -0.05) is 27.2 Å². The summed E-state index contributed by atoms with van der Waals surface area (Å²) in [6.07, 6.45) is 15.4. The number of hydrogen-bond donors (Lipinski definition) is 1. The number of fused-ring (bicyclic) bond motifs is 2. The van der Waals surface area contributed by atoms with Crippen LogP contribution < -0.4 is 5.32 Å². The first-order valence-corrected chi connectivity index (χ1v) is 11.2. The molecule has 1 N–H and O–H groups in total. The highest BCUT2D eigenvalue weighted by molar-refractivity contribution is 5.27. The van der Waals surface area contributed by atoms with E-state index in [1.54, 1.807) is 51.4 Å². The van der Waals surface area contributed by atoms with Crippen LogP contribution in [0.4, 0.5) is 0 Å². The summed E-state index contributed by atoms with van der Waals surface area (Å²) in [4.78, 5) is 0. The molecule has 136 valence electrons. The van der Waals surface area contributed by atoms with Crippen molar-refractivity contribution in [1.82, 2.24) is 5.32 Å². The Hall–Kier alpha value is -0.0400. The van der Waals surface area contributed by atoms with Gasteiger partial charge < -0.3 is 5.32 Å². The molecule has 0 saturated heterocycles. The topological polar surface area (TPSA) is 12.0 Å². The zero-order valence-electron chi connectivity index (χ0n) is 16.5. The van der Waals surface area contributed by atoms with Gasteiger partial charge in [0, 0.05) is 6.04 Å². The molecular weight excluding hydrogens is 290 g/mol. The van der Waals surface area contributed by atoms with E-state index >= 15 is 0 Å². The van der Waals surface area contributed by atoms with Crippen LogP contribution in [0.25, 0.3) is 0 Å². The van der Waals surface area contributed by atoms with Crippen molar-refractivity contribution in [3.63, 3.8) is 0 Å². The smallest absolute Gasteiger partial charge is 0.00927 e. The summed E-state index contributed by atoms with van der Waals surface area (Å²) in [7, 11) is 2.20. The second kappa shape index (κ2) is 5.02. The number of rotatable bonds is 2. The minimum Gasteiger partial charge on any atom is -0.317 e. The molecule has 0 radical (unpaired) electrons. The van der Waals surface area contributed by atoms with Crippen molar-refractivity contribution >= 4 is 0 Å². The minimum atomic E-state index is 0.703. The Labute approximate surface area is 149 Å². The van der Waals surface area contributed by atoms with Gasteiger partial charge in [0.25, 0.3) is 0 Å². The predicted octanol–water partition coefficient (Wildman–Crippen LogP) is 5.64. The first kappa shape index (κ1) is 16.2. The zero-order chi connectivity index (χ0) is 16.7. The molecule has 24 heavy (non-hydrogen) atoms. The molecule has 2 spiro atoms. The van der Waals surface area contributed by atoms with E-state index in [1.165, 1.54) is 12.8 Å². The molecule has 5 fully saturated rings. The van der Waals surface area contributed by atoms with Gasteiger partial charge in [0.05, 0.1) is 0 Å². The highest BCUT2D eigenvalue weighted by Gasteiger charge is 2.78. The van der Waals surface area contributed by atoms with E-state index in [0.717, 1.165) is 46.5 Å². The lowest BCUT2D eigenvalue weighted by atomic mass is 9.48. The van der Waals surface area contributed by atoms with Gasteiger partial charge in [-0.2, -0.15) is 0 Å². The fourth-order valence-corrected chi connectivity index (χ4v) is 9.75. The van der Waals surface area contributed by atoms with E-state index in [1.807, 2.05) is 0 Å². The molecule has 0 bridgehead atoms. The van der Waals surface area contributed by atoms with Gasteiger partial charge in [-0.25, -0.2) is 0 Å². The Morgan fingerprint density at radius 3 is 2.33 bits per heavy atom. The maximum absolute atomic E-state index is 3.65. The lowest BCUT2D eigenvalue weighted by Gasteiger charge is -2.57. The summed E-state index contributed by atoms with van der Waals surface area (Å²) in [5, 5.41) is 3.65. The summed E-state index contributed by atoms with van der Waals surface area (Å²) >= 11 is 0. The third-order valence-electron chi connectivity index (χ3n) is 10.9. The van der Waals surface area contributed by atoms with Gasteiger partial charge in [0.1, 0.15) is 0 Å². The maximum Gasteiger partial charge on any atom is 0.00927 e. The Morgan fingerprint density at radius 1 is 0.875 bits per heavy atom. The van der Waals surface area contributed by atoms with Crippen LogP contribution in [0, 0.1) is 45.8 Å². The third kappa shape index (κ3) is 1.67. The first-order valence-electron chi connectivity index (χ1n) is 11.2. The molecule has 5 saturated carbocycles. The van der Waals surface area contributed by atoms with Crippen molar-refractivity contribution in [1.29, 1.82) is 0 Å². The van der Waals surface area contributed by atoms with E-state index in [-0.39, 0.29) is 0 Å². The summed E-state index contributed by atoms with van der Waals surface area (Å²) < 4.78 is 0. The van der Waals surface area contributed by atoms with Gasteiger partial charge in [-0.15, -0.1) is 0 Å². The Morgan fingerprint density at radius 2 is 1.58 bits per heavy atom. The van der Waals surface area contributed by atoms with E-state index in [0.29, 0.717) is 5.41 Å². The first-order chi connectivity index (χ1) is 11.5. The summed E-state index contributed by atoms with van der Waals surface area (Å²) in [6, 6.07) is 0.791. The number of hydrogen-bond acceptors (Lipinski definition) is 1. The van der Waals surface area contributed by atoms with Crippen molar-refractivity contribution in [3.05, 3.63) is 0 Å². The van der Waals surface area contributed by atoms with Crippen molar-refractivity contribution in [3.8, 4) is 0 Å². The lowest BCUT2D eigenvalue weighted by Crippen LogP contribution is -2.52. The second-order valence-corrected chi connectivity index (χ2v) is 10.9. The molecular formula is C23H39N. The van der Waals surface area contributed by atoms with Crippen LogP contribution in [0.5, 0.6) is 0 Å². The summed E-state index contributed by atoms with van der Waals surface area (Å²) in [5.74, 6) is 5.15. The lowest BCUT2D eigenvalue weighted by molar-refractivity contribution is -0.0787. The van der Waals surface area contributed by atoms with Crippen molar-refractivity contribution < 1.29 is 0 Å². The normalized spacial score (nSPS) is 61.5. The van der Waals surface area contributed by atoms with Crippen LogP contribution in [0.3, 0.4) is 0 Å². The second-order valence-electron chi connectivity index (χ2n) is 10.9. The summed E-state index contributed by atoms with van der Waals surface area (Å²) in [6.45, 7) is 7.74. The zero-order valence-corrected chi connectivity index (χ0v) is 16.5. The molecule has 0 aromatic heterocycles. The van der Waals surface area contributed by atoms with Crippen LogP contribution in [-0.4, -0.2) is 13.1 Å². The predicted molar refractivity (Wildman–Crippen MR) is 101 cm³/mol. The standard InChI is InChI=1S/C23H39N/c1-5-16-6-7-18-19-9-8-17-15(2)20(24-4)10-11-22(17)14-23(19,22)13-12-21(16,18)3/h15-20,24H,5-14H2,1-4H3. The monoisotopic (exact) mass is 329 g/mol. The van der Waals surface area contributed by atoms with Crippen LogP contribution in [-0.2, 0) is 0 Å². The molecule has 0 heterocycles. The Bertz CT molecular complexity index is 528. The molecule has 5 aliphatic carbocycles. The summed E-state index contributed by atoms with van der Waals surface area (Å²) in [5.41, 5.74) is 2.29. The van der Waals surface area contributed by atoms with Crippen LogP contribution in [0.2, 0.25) is 0 Å². The highest BCUT2D eigenvalue weighted by Crippen LogP contribution is 2.85. The van der Waals surface area contributed by atoms with Gasteiger partial charge >= 0.3 is 0 Å². The molecule has 0 aromatic carbocycles. The molecule has 5 rings (SSSR count). The van der Waals surface area contributed by atoms with Crippen LogP contribution in [0.15, 0.2) is 0 Å². The van der Waals surface area contributed by atoms with Crippen molar-refractivity contribution in [2.75, 3.05) is 7.05 Å². The van der Waals surface area contributed by atoms with Crippen LogP contribution >= 0.6 is 0 Å². The molecule has 1 nitrogen and oxygen atoms in total. The fourth-order valence-electron chi connectivity index (χ4n) is 9.75. The Balaban J connectivity index is 1.46. The molecule has 0 aliphatic heterocycles. The SMILES string of the molecule is CCC1CCC2C3CCC4C(C)C(NC)CCC45CC35CCC12C. The van der Waals surface area contributed by atoms with Crippen molar-refractivity contribution in [2.24, 2.45) is 45.8 Å². The van der Waals surface area contributed by atoms with Gasteiger partial charge in [0.15, 0.2) is 0 Å². The van der Waals surface area contributed by atoms with Gasteiger partial charge in [0.2, 0.25) is 0 Å². The average molecular weight is 330 g/mol. The van der Waals surface area contributed by atoms with Gasteiger partial charge in [-0.3, -0.25) is 0 Å². The quantitative estimate of drug-likeness (QED) is 0.691. The van der Waals surface area contributed by atoms with E-state index in [9.17, 15) is 0 Å². The maximum atomic E-state index is 3.65. The van der Waals surface area contributed by atoms with Crippen molar-refractivity contribution in [2.45, 2.75) is 91.0 Å². The van der Waals surface area contributed by atoms with E-state index in [4.69, 9.17) is 0 Å². The Kier molecular flexibility index (Phi) is 3.38. The van der Waals surface area contributed by atoms with Gasteiger partial charge in [-0.05, 0) is 111 Å². The van der Waals surface area contributed by atoms with E-state index in [2.05, 4.69) is 33.1 Å². The van der Waals surface area contributed by atoms with E-state index < -0.39 is 0 Å². The molecule has 9 atom stereocenters. The molecule has 5 aliphatic rings. The fraction of sp³-hybridized carbons (Fsp3) is 1.00. The highest BCUT2D eigenvalue weighted by atomic mass is 14.9. The largest absolute Gasteiger partial charge is 0.317 e. The molecule has 0 amide bonds. The molecule has 0 aromatic rings. The minimum absolute atomic E-state index is 0.703. The van der Waals surface area contributed by atoms with Crippen LogP contribution in [0.1, 0.15) is 85.0 Å². The molecule has 9 unspecified atom stereocenters.